The molecule has 7 aliphatic rings. The van der Waals surface area contributed by atoms with E-state index in [-0.39, 0.29) is 23.6 Å². The fraction of sp³-hybridized carbons (Fsp3) is 0.969. The number of ether oxygens (including phenoxy) is 2. The summed E-state index contributed by atoms with van der Waals surface area (Å²) in [6, 6.07) is 0.713. The lowest BCUT2D eigenvalue weighted by molar-refractivity contribution is -0.188. The summed E-state index contributed by atoms with van der Waals surface area (Å²) < 4.78 is 12.3. The zero-order valence-electron chi connectivity index (χ0n) is 24.2. The van der Waals surface area contributed by atoms with Gasteiger partial charge >= 0.3 is 5.97 Å². The lowest BCUT2D eigenvalue weighted by Gasteiger charge is -2.67. The van der Waals surface area contributed by atoms with Crippen LogP contribution in [0.3, 0.4) is 0 Å². The van der Waals surface area contributed by atoms with Gasteiger partial charge in [-0.15, -0.1) is 0 Å². The lowest BCUT2D eigenvalue weighted by Crippen LogP contribution is -2.68. The fourth-order valence-electron chi connectivity index (χ4n) is 13.0. The highest BCUT2D eigenvalue weighted by Crippen LogP contribution is 2.79. The van der Waals surface area contributed by atoms with E-state index in [1.54, 1.807) is 0 Å². The predicted octanol–water partition coefficient (Wildman–Crippen LogP) is 5.93. The second kappa shape index (κ2) is 7.75. The zero-order chi connectivity index (χ0) is 26.2. The van der Waals surface area contributed by atoms with E-state index in [2.05, 4.69) is 39.5 Å². The molecule has 4 heterocycles. The normalized spacial score (nSPS) is 59.1. The molecule has 1 spiro atoms. The van der Waals surface area contributed by atoms with Gasteiger partial charge in [0.2, 0.25) is 0 Å². The first-order valence-electron chi connectivity index (χ1n) is 15.7. The predicted molar refractivity (Wildman–Crippen MR) is 143 cm³/mol. The van der Waals surface area contributed by atoms with Gasteiger partial charge in [0.05, 0.1) is 11.0 Å². The number of carbonyl (C=O) groups is 1. The van der Waals surface area contributed by atoms with Crippen molar-refractivity contribution in [1.29, 1.82) is 0 Å². The minimum atomic E-state index is -0.870. The number of esters is 1. The van der Waals surface area contributed by atoms with E-state index in [0.29, 0.717) is 22.4 Å². The van der Waals surface area contributed by atoms with E-state index in [0.717, 1.165) is 42.9 Å². The number of nitrogens with zero attached hydrogens (tertiary/aromatic N) is 1. The third-order valence-corrected chi connectivity index (χ3v) is 14.5. The molecule has 3 saturated carbocycles. The number of hydrogen-bond donors (Lipinski definition) is 1. The van der Waals surface area contributed by atoms with Crippen LogP contribution < -0.4 is 0 Å². The number of aliphatic hydroxyl groups excluding tert-OH is 1. The number of aliphatic hydroxyl groups is 1. The fourth-order valence-corrected chi connectivity index (χ4v) is 13.0. The molecule has 0 radical (unpaired) electrons. The standard InChI is InChI=1S/C32H51NO4/c1-19(2)22-10-14-28(4)21-9-16-31-13-7-8-24(31)32(28,26(22)33(31)18-21)17-11-23-29(5)15-12-25(36-20(3)34)30(23,6)27(35)37-29/h19,21-27,35H,7-18H2,1-6H3/t21-,22-,23+,24-,25-,26+,27-,28+,29+,30+,31-,32+/m1/s1. The van der Waals surface area contributed by atoms with Crippen molar-refractivity contribution in [2.45, 2.75) is 142 Å². The smallest absolute Gasteiger partial charge is 0.302 e. The van der Waals surface area contributed by atoms with Gasteiger partial charge in [-0.1, -0.05) is 34.1 Å². The molecular formula is C32H51NO4. The average Bonchev–Trinajstić information content (AvgIpc) is 3.35. The molecule has 0 amide bonds. The Hall–Kier alpha value is -0.650. The molecule has 1 unspecified atom stereocenters. The molecule has 208 valence electrons. The molecule has 1 N–H and O–H groups in total. The summed E-state index contributed by atoms with van der Waals surface area (Å²) >= 11 is 0. The maximum atomic E-state index is 12.1. The molecule has 4 saturated heterocycles. The van der Waals surface area contributed by atoms with Gasteiger partial charge in [0.15, 0.2) is 6.29 Å². The van der Waals surface area contributed by atoms with Crippen LogP contribution in [0.2, 0.25) is 0 Å². The van der Waals surface area contributed by atoms with Gasteiger partial charge in [0.1, 0.15) is 6.10 Å². The molecule has 4 aliphatic heterocycles. The Bertz CT molecular complexity index is 984. The Morgan fingerprint density at radius 3 is 2.59 bits per heavy atom. The second-order valence-electron chi connectivity index (χ2n) is 15.7. The maximum absolute atomic E-state index is 12.1. The highest BCUT2D eigenvalue weighted by molar-refractivity contribution is 5.66. The number of piperidine rings is 2. The highest BCUT2D eigenvalue weighted by Gasteiger charge is 2.80. The molecule has 0 aromatic carbocycles. The minimum absolute atomic E-state index is 0.204. The van der Waals surface area contributed by atoms with Crippen LogP contribution >= 0.6 is 0 Å². The monoisotopic (exact) mass is 513 g/mol. The quantitative estimate of drug-likeness (QED) is 0.462. The number of fused-ring (bicyclic) bond motifs is 4. The van der Waals surface area contributed by atoms with E-state index < -0.39 is 11.7 Å². The van der Waals surface area contributed by atoms with Gasteiger partial charge in [-0.25, -0.2) is 0 Å². The van der Waals surface area contributed by atoms with E-state index >= 15 is 0 Å². The Balaban J connectivity index is 1.30. The van der Waals surface area contributed by atoms with Crippen LogP contribution in [-0.2, 0) is 14.3 Å². The molecule has 3 aliphatic carbocycles. The van der Waals surface area contributed by atoms with Crippen molar-refractivity contribution < 1.29 is 19.4 Å². The zero-order valence-corrected chi connectivity index (χ0v) is 24.2. The summed E-state index contributed by atoms with van der Waals surface area (Å²) in [5.41, 5.74) is 0.348. The van der Waals surface area contributed by atoms with Crippen LogP contribution in [0.15, 0.2) is 0 Å². The summed E-state index contributed by atoms with van der Waals surface area (Å²) in [6.07, 6.45) is 12.7. The van der Waals surface area contributed by atoms with E-state index in [4.69, 9.17) is 9.47 Å². The molecule has 5 heteroatoms. The van der Waals surface area contributed by atoms with Crippen LogP contribution in [0.25, 0.3) is 0 Å². The van der Waals surface area contributed by atoms with Gasteiger partial charge in [-0.05, 0) is 106 Å². The van der Waals surface area contributed by atoms with Crippen molar-refractivity contribution in [3.05, 3.63) is 0 Å². The summed E-state index contributed by atoms with van der Waals surface area (Å²) in [7, 11) is 0. The molecule has 7 fully saturated rings. The van der Waals surface area contributed by atoms with Crippen molar-refractivity contribution in [2.75, 3.05) is 6.54 Å². The molecule has 0 aromatic heterocycles. The van der Waals surface area contributed by atoms with E-state index in [1.807, 2.05) is 0 Å². The largest absolute Gasteiger partial charge is 0.462 e. The topological polar surface area (TPSA) is 59.0 Å². The molecule has 7 bridgehead atoms. The summed E-state index contributed by atoms with van der Waals surface area (Å²) in [5.74, 6) is 3.13. The summed E-state index contributed by atoms with van der Waals surface area (Å²) in [6.45, 7) is 14.9. The lowest BCUT2D eigenvalue weighted by atomic mass is 9.41. The molecular weight excluding hydrogens is 462 g/mol. The van der Waals surface area contributed by atoms with Crippen molar-refractivity contribution in [1.82, 2.24) is 4.90 Å². The SMILES string of the molecule is CC(=O)O[C@@H]1CC[C@]2(C)O[C@@H](O)[C@@]1(C)[C@H]2CC[C@]12[C@@H]3[C@@H](C(C)C)CC[C@@]1(C)[C@@H]1CC[C@@]4(CCC[C@H]42)N3C1. The van der Waals surface area contributed by atoms with Crippen molar-refractivity contribution in [3.8, 4) is 0 Å². The van der Waals surface area contributed by atoms with E-state index in [9.17, 15) is 9.90 Å². The molecule has 5 nitrogen and oxygen atoms in total. The first-order chi connectivity index (χ1) is 17.4. The van der Waals surface area contributed by atoms with Gasteiger partial charge < -0.3 is 14.6 Å². The summed E-state index contributed by atoms with van der Waals surface area (Å²) in [5, 5.41) is 11.3. The van der Waals surface area contributed by atoms with Crippen molar-refractivity contribution >= 4 is 5.97 Å². The summed E-state index contributed by atoms with van der Waals surface area (Å²) in [4.78, 5) is 15.2. The Labute approximate surface area is 224 Å². The third-order valence-electron chi connectivity index (χ3n) is 14.5. The first-order valence-corrected chi connectivity index (χ1v) is 15.7. The second-order valence-corrected chi connectivity index (χ2v) is 15.7. The van der Waals surface area contributed by atoms with Gasteiger partial charge in [-0.2, -0.15) is 0 Å². The van der Waals surface area contributed by atoms with Crippen LogP contribution in [-0.4, -0.2) is 52.1 Å². The van der Waals surface area contributed by atoms with Crippen molar-refractivity contribution in [3.63, 3.8) is 0 Å². The molecule has 13 atom stereocenters. The first kappa shape index (κ1) is 25.3. The Kier molecular flexibility index (Phi) is 5.31. The van der Waals surface area contributed by atoms with Crippen LogP contribution in [0.1, 0.15) is 112 Å². The molecule has 7 rings (SSSR count). The van der Waals surface area contributed by atoms with Gasteiger partial charge in [0.25, 0.3) is 0 Å². The Morgan fingerprint density at radius 1 is 1.08 bits per heavy atom. The third kappa shape index (κ3) is 2.81. The molecule has 0 aromatic rings. The number of rotatable bonds is 5. The van der Waals surface area contributed by atoms with Crippen LogP contribution in [0, 0.1) is 45.8 Å². The number of hydrogen-bond acceptors (Lipinski definition) is 5. The average molecular weight is 514 g/mol. The van der Waals surface area contributed by atoms with Crippen LogP contribution in [0.5, 0.6) is 0 Å². The molecule has 37 heavy (non-hydrogen) atoms. The van der Waals surface area contributed by atoms with E-state index in [1.165, 1.54) is 64.8 Å². The van der Waals surface area contributed by atoms with Gasteiger partial charge in [0, 0.05) is 31.0 Å². The van der Waals surface area contributed by atoms with Gasteiger partial charge in [-0.3, -0.25) is 9.69 Å². The Morgan fingerprint density at radius 2 is 1.86 bits per heavy atom. The highest BCUT2D eigenvalue weighted by atomic mass is 16.6. The maximum Gasteiger partial charge on any atom is 0.302 e. The minimum Gasteiger partial charge on any atom is -0.462 e. The van der Waals surface area contributed by atoms with Crippen LogP contribution in [0.4, 0.5) is 0 Å². The number of carbonyl (C=O) groups excluding carboxylic acids is 1. The van der Waals surface area contributed by atoms with Crippen molar-refractivity contribution in [2.24, 2.45) is 45.8 Å².